The first-order chi connectivity index (χ1) is 12.2. The zero-order valence-electron chi connectivity index (χ0n) is 18.3. The van der Waals surface area contributed by atoms with Gasteiger partial charge in [0.25, 0.3) is 0 Å². The zero-order valence-corrected chi connectivity index (χ0v) is 22.5. The summed E-state index contributed by atoms with van der Waals surface area (Å²) in [6.45, 7) is 20.4. The van der Waals surface area contributed by atoms with Crippen LogP contribution in [0.25, 0.3) is 0 Å². The van der Waals surface area contributed by atoms with Crippen LogP contribution >= 0.6 is 0 Å². The fraction of sp³-hybridized carbons (Fsp3) is 0.765. The molecule has 0 amide bonds. The fourth-order valence-electron chi connectivity index (χ4n) is 2.37. The van der Waals surface area contributed by atoms with Crippen molar-refractivity contribution < 1.29 is 21.9 Å². The van der Waals surface area contributed by atoms with E-state index in [-0.39, 0.29) is 5.97 Å². The largest absolute Gasteiger partial charge is 0.469 e. The molecular formula is C17H37NO5Si4. The molecule has 0 aliphatic carbocycles. The lowest BCUT2D eigenvalue weighted by Crippen LogP contribution is -2.58. The number of esters is 1. The highest BCUT2D eigenvalue weighted by atomic mass is 28.5. The summed E-state index contributed by atoms with van der Waals surface area (Å²) in [7, 11) is -8.36. The minimum atomic E-state index is -2.92. The normalized spacial score (nSPS) is 13.7. The molecule has 0 fully saturated rings. The second-order valence-electron chi connectivity index (χ2n) is 8.76. The van der Waals surface area contributed by atoms with Gasteiger partial charge < -0.3 is 17.1 Å². The summed E-state index contributed by atoms with van der Waals surface area (Å²) < 4.78 is 24.9. The number of carbonyl (C=O) groups excluding carboxylic acids is 1. The van der Waals surface area contributed by atoms with Gasteiger partial charge in [0.15, 0.2) is 25.7 Å². The molecular weight excluding hydrogens is 411 g/mol. The SMILES string of the molecule is C=C(C)C(=O)OCCC[Si](O[SiH](C)CCC#N)(O[Si](C)(C)C)O[Si](C)(C)C. The van der Waals surface area contributed by atoms with E-state index >= 15 is 0 Å². The Kier molecular flexibility index (Phi) is 11.2. The predicted octanol–water partition coefficient (Wildman–Crippen LogP) is 4.42. The molecule has 0 radical (unpaired) electrons. The van der Waals surface area contributed by atoms with E-state index in [0.29, 0.717) is 31.1 Å². The average Bonchev–Trinajstić information content (AvgIpc) is 2.45. The van der Waals surface area contributed by atoms with E-state index in [9.17, 15) is 4.79 Å². The Morgan fingerprint density at radius 3 is 2.04 bits per heavy atom. The predicted molar refractivity (Wildman–Crippen MR) is 119 cm³/mol. The van der Waals surface area contributed by atoms with Crippen LogP contribution in [0.5, 0.6) is 0 Å². The Balaban J connectivity index is 5.33. The summed E-state index contributed by atoms with van der Waals surface area (Å²) in [5.74, 6) is -0.378. The quantitative estimate of drug-likeness (QED) is 0.180. The van der Waals surface area contributed by atoms with Gasteiger partial charge in [-0.2, -0.15) is 5.26 Å². The summed E-state index contributed by atoms with van der Waals surface area (Å²) in [5.41, 5.74) is 0.393. The van der Waals surface area contributed by atoms with Crippen molar-refractivity contribution in [3.8, 4) is 6.07 Å². The smallest absolute Gasteiger partial charge is 0.462 e. The molecule has 0 aromatic heterocycles. The average molecular weight is 448 g/mol. The van der Waals surface area contributed by atoms with Crippen molar-refractivity contribution in [3.05, 3.63) is 12.2 Å². The maximum atomic E-state index is 11.6. The highest BCUT2D eigenvalue weighted by Crippen LogP contribution is 2.28. The van der Waals surface area contributed by atoms with Crippen LogP contribution in [0.1, 0.15) is 19.8 Å². The molecule has 0 spiro atoms. The van der Waals surface area contributed by atoms with Crippen LogP contribution in [0.15, 0.2) is 12.2 Å². The molecule has 0 heterocycles. The van der Waals surface area contributed by atoms with Crippen LogP contribution in [0.2, 0.25) is 57.9 Å². The Hall–Kier alpha value is -0.552. The first-order valence-electron chi connectivity index (χ1n) is 9.47. The van der Waals surface area contributed by atoms with Crippen molar-refractivity contribution >= 4 is 40.4 Å². The number of rotatable bonds is 13. The molecule has 1 unspecified atom stereocenters. The van der Waals surface area contributed by atoms with Crippen molar-refractivity contribution in [1.82, 2.24) is 0 Å². The second-order valence-corrected chi connectivity index (χ2v) is 23.8. The van der Waals surface area contributed by atoms with E-state index in [4.69, 9.17) is 22.3 Å². The Morgan fingerprint density at radius 2 is 1.63 bits per heavy atom. The molecule has 27 heavy (non-hydrogen) atoms. The van der Waals surface area contributed by atoms with Crippen LogP contribution in [0, 0.1) is 11.3 Å². The highest BCUT2D eigenvalue weighted by Gasteiger charge is 2.47. The number of nitrogens with zero attached hydrogens (tertiary/aromatic N) is 1. The lowest BCUT2D eigenvalue weighted by atomic mass is 10.4. The van der Waals surface area contributed by atoms with Crippen molar-refractivity contribution in [3.63, 3.8) is 0 Å². The third-order valence-electron chi connectivity index (χ3n) is 3.18. The Morgan fingerprint density at radius 1 is 1.11 bits per heavy atom. The lowest BCUT2D eigenvalue weighted by molar-refractivity contribution is -0.139. The minimum absolute atomic E-state index is 0.294. The van der Waals surface area contributed by atoms with Gasteiger partial charge in [-0.3, -0.25) is 0 Å². The summed E-state index contributed by atoms with van der Waals surface area (Å²) >= 11 is 0. The maximum Gasteiger partial charge on any atom is 0.469 e. The van der Waals surface area contributed by atoms with Gasteiger partial charge in [0.2, 0.25) is 0 Å². The van der Waals surface area contributed by atoms with Gasteiger partial charge in [-0.1, -0.05) is 6.58 Å². The first-order valence-corrected chi connectivity index (χ1v) is 20.7. The number of ether oxygens (including phenoxy) is 1. The highest BCUT2D eigenvalue weighted by molar-refractivity contribution is 6.87. The Labute approximate surface area is 170 Å². The number of hydrogen-bond acceptors (Lipinski definition) is 6. The molecule has 0 aliphatic rings. The van der Waals surface area contributed by atoms with Gasteiger partial charge in [-0.25, -0.2) is 4.79 Å². The standard InChI is InChI=1S/C17H37NO5Si4/c1-16(2)17(19)20-13-11-15-27(22-25(4,5)6,23-26(7,8)9)21-24(3)14-10-12-18/h24H,1,10-11,13-15H2,2-9H3. The number of carbonyl (C=O) groups is 1. The molecule has 0 saturated carbocycles. The van der Waals surface area contributed by atoms with Crippen molar-refractivity contribution in [2.45, 2.75) is 77.7 Å². The summed E-state index contributed by atoms with van der Waals surface area (Å²) in [6, 6.07) is 3.59. The molecule has 0 saturated heterocycles. The third kappa shape index (κ3) is 13.3. The first kappa shape index (κ1) is 26.4. The van der Waals surface area contributed by atoms with Crippen LogP contribution in [-0.4, -0.2) is 47.1 Å². The van der Waals surface area contributed by atoms with Crippen LogP contribution in [0.4, 0.5) is 0 Å². The van der Waals surface area contributed by atoms with E-state index in [0.717, 1.165) is 6.04 Å². The molecule has 0 aliphatic heterocycles. The summed E-state index contributed by atoms with van der Waals surface area (Å²) in [6.07, 6.45) is 1.12. The van der Waals surface area contributed by atoms with E-state index in [1.165, 1.54) is 0 Å². The van der Waals surface area contributed by atoms with E-state index in [2.05, 4.69) is 58.5 Å². The number of nitriles is 1. The van der Waals surface area contributed by atoms with E-state index in [1.54, 1.807) is 6.92 Å². The number of hydrogen-bond donors (Lipinski definition) is 0. The van der Waals surface area contributed by atoms with Crippen LogP contribution < -0.4 is 0 Å². The van der Waals surface area contributed by atoms with E-state index in [1.807, 2.05) is 0 Å². The Bertz CT molecular complexity index is 521. The zero-order chi connectivity index (χ0) is 21.3. The van der Waals surface area contributed by atoms with Crippen molar-refractivity contribution in [1.29, 1.82) is 5.26 Å². The van der Waals surface area contributed by atoms with Crippen LogP contribution in [-0.2, 0) is 21.9 Å². The molecule has 0 bridgehead atoms. The van der Waals surface area contributed by atoms with Crippen molar-refractivity contribution in [2.75, 3.05) is 6.61 Å². The molecule has 10 heteroatoms. The lowest BCUT2D eigenvalue weighted by Gasteiger charge is -2.41. The molecule has 0 aromatic rings. The van der Waals surface area contributed by atoms with Gasteiger partial charge in [0.05, 0.1) is 12.7 Å². The molecule has 156 valence electrons. The topological polar surface area (TPSA) is 77.8 Å². The van der Waals surface area contributed by atoms with E-state index < -0.39 is 34.5 Å². The molecule has 0 rings (SSSR count). The molecule has 0 aromatic carbocycles. The summed E-state index contributed by atoms with van der Waals surface area (Å²) in [5, 5.41) is 8.88. The van der Waals surface area contributed by atoms with Gasteiger partial charge in [0, 0.05) is 18.0 Å². The summed E-state index contributed by atoms with van der Waals surface area (Å²) in [4.78, 5) is 11.6. The maximum absolute atomic E-state index is 11.6. The van der Waals surface area contributed by atoms with Gasteiger partial charge >= 0.3 is 14.8 Å². The van der Waals surface area contributed by atoms with Gasteiger partial charge in [-0.05, 0) is 65.2 Å². The fourth-order valence-corrected chi connectivity index (χ4v) is 17.0. The second kappa shape index (κ2) is 11.4. The van der Waals surface area contributed by atoms with Crippen molar-refractivity contribution in [2.24, 2.45) is 0 Å². The molecule has 0 N–H and O–H groups in total. The molecule has 1 atom stereocenters. The third-order valence-corrected chi connectivity index (χ3v) is 15.7. The van der Waals surface area contributed by atoms with Gasteiger partial charge in [-0.15, -0.1) is 0 Å². The van der Waals surface area contributed by atoms with Gasteiger partial charge in [0.1, 0.15) is 0 Å². The minimum Gasteiger partial charge on any atom is -0.462 e. The van der Waals surface area contributed by atoms with Crippen LogP contribution in [0.3, 0.4) is 0 Å². The molecule has 6 nitrogen and oxygen atoms in total. The monoisotopic (exact) mass is 447 g/mol.